The second kappa shape index (κ2) is 12.8. The summed E-state index contributed by atoms with van der Waals surface area (Å²) in [5, 5.41) is 31.3. The summed E-state index contributed by atoms with van der Waals surface area (Å²) in [5.41, 5.74) is 2.37. The van der Waals surface area contributed by atoms with Gasteiger partial charge in [0.25, 0.3) is 0 Å². The summed E-state index contributed by atoms with van der Waals surface area (Å²) in [6.45, 7) is 0.828. The Morgan fingerprint density at radius 3 is 2.62 bits per heavy atom. The van der Waals surface area contributed by atoms with E-state index in [1.54, 1.807) is 23.7 Å². The average molecular weight is 564 g/mol. The number of hydrogen-bond acceptors (Lipinski definition) is 8. The van der Waals surface area contributed by atoms with Gasteiger partial charge in [-0.25, -0.2) is 14.3 Å². The van der Waals surface area contributed by atoms with Crippen molar-refractivity contribution in [1.82, 2.24) is 15.4 Å². The third kappa shape index (κ3) is 6.30. The van der Waals surface area contributed by atoms with Crippen LogP contribution in [0.1, 0.15) is 42.9 Å². The second-order valence-electron chi connectivity index (χ2n) is 9.90. The first-order valence-corrected chi connectivity index (χ1v) is 12.9. The van der Waals surface area contributed by atoms with Crippen LogP contribution in [0.25, 0.3) is 10.9 Å². The predicted molar refractivity (Wildman–Crippen MR) is 138 cm³/mol. The molecular formula is C28H32F3N3O6. The Bertz CT molecular complexity index is 1350. The molecule has 4 rings (SSSR count). The smallest absolute Gasteiger partial charge is 0.249 e. The molecule has 2 aromatic carbocycles. The quantitative estimate of drug-likeness (QED) is 0.158. The van der Waals surface area contributed by atoms with Gasteiger partial charge in [-0.2, -0.15) is 4.39 Å². The number of hydrogen-bond donors (Lipinski definition) is 4. The molecule has 3 aromatic rings. The largest absolute Gasteiger partial charge is 0.497 e. The Morgan fingerprint density at radius 2 is 1.95 bits per heavy atom. The van der Waals surface area contributed by atoms with Gasteiger partial charge in [-0.15, -0.1) is 0 Å². The van der Waals surface area contributed by atoms with Crippen LogP contribution < -0.4 is 15.0 Å². The average Bonchev–Trinajstić information content (AvgIpc) is 2.97. The van der Waals surface area contributed by atoms with E-state index < -0.39 is 40.6 Å². The lowest BCUT2D eigenvalue weighted by Gasteiger charge is -2.40. The van der Waals surface area contributed by atoms with Gasteiger partial charge in [0.2, 0.25) is 11.7 Å². The van der Waals surface area contributed by atoms with Gasteiger partial charge < -0.3 is 19.7 Å². The second-order valence-corrected chi connectivity index (χ2v) is 9.90. The topological polar surface area (TPSA) is 124 Å². The molecule has 1 aliphatic heterocycles. The number of hydroxylamine groups is 1. The third-order valence-electron chi connectivity index (χ3n) is 7.62. The Kier molecular flexibility index (Phi) is 9.46. The van der Waals surface area contributed by atoms with Gasteiger partial charge in [0.05, 0.1) is 30.8 Å². The summed E-state index contributed by atoms with van der Waals surface area (Å²) in [6, 6.07) is 6.46. The van der Waals surface area contributed by atoms with Crippen molar-refractivity contribution < 1.29 is 42.9 Å². The molecule has 40 heavy (non-hydrogen) atoms. The van der Waals surface area contributed by atoms with Crippen molar-refractivity contribution in [2.45, 2.75) is 38.4 Å². The monoisotopic (exact) mass is 563 g/mol. The lowest BCUT2D eigenvalue weighted by Crippen LogP contribution is -2.49. The number of aliphatic hydroxyl groups is 2. The molecule has 216 valence electrons. The first kappa shape index (κ1) is 29.5. The number of aromatic nitrogens is 1. The minimum Gasteiger partial charge on any atom is -0.497 e. The number of ether oxygens (including phenoxy) is 2. The molecule has 1 atom stereocenters. The van der Waals surface area contributed by atoms with Crippen LogP contribution in [0.3, 0.4) is 0 Å². The van der Waals surface area contributed by atoms with Gasteiger partial charge in [-0.05, 0) is 62.5 Å². The summed E-state index contributed by atoms with van der Waals surface area (Å²) >= 11 is 0. The zero-order valence-electron chi connectivity index (χ0n) is 22.0. The summed E-state index contributed by atoms with van der Waals surface area (Å²) in [7, 11) is 1.52. The number of fused-ring (bicyclic) bond motifs is 1. The molecule has 1 aliphatic rings. The van der Waals surface area contributed by atoms with Gasteiger partial charge in [0, 0.05) is 35.8 Å². The maximum absolute atomic E-state index is 13.8. The summed E-state index contributed by atoms with van der Waals surface area (Å²) in [4.78, 5) is 19.1. The van der Waals surface area contributed by atoms with Crippen LogP contribution in [0.4, 0.5) is 13.2 Å². The van der Waals surface area contributed by atoms with E-state index >= 15 is 0 Å². The number of pyridine rings is 1. The molecule has 0 spiro atoms. The molecule has 12 heteroatoms. The molecule has 1 saturated heterocycles. The number of benzene rings is 2. The SMILES string of the molecule is COc1ccc2ncc(CO)c(C(O)CCC3(C(=O)NO)CCN(CCOc4cc(F)cc(F)c4F)CC3)c2c1. The van der Waals surface area contributed by atoms with Crippen LogP contribution in [0.15, 0.2) is 36.5 Å². The van der Waals surface area contributed by atoms with E-state index in [0.717, 1.165) is 6.07 Å². The van der Waals surface area contributed by atoms with Gasteiger partial charge in [0.15, 0.2) is 11.6 Å². The summed E-state index contributed by atoms with van der Waals surface area (Å²) < 4.78 is 51.2. The molecule has 0 radical (unpaired) electrons. The molecule has 4 N–H and O–H groups in total. The molecule has 1 unspecified atom stereocenters. The minimum absolute atomic E-state index is 0.0275. The summed E-state index contributed by atoms with van der Waals surface area (Å²) in [5.74, 6) is -4.05. The van der Waals surface area contributed by atoms with E-state index in [1.807, 2.05) is 4.90 Å². The highest BCUT2D eigenvalue weighted by molar-refractivity contribution is 5.85. The van der Waals surface area contributed by atoms with Crippen molar-refractivity contribution in [2.75, 3.05) is 33.4 Å². The minimum atomic E-state index is -1.33. The van der Waals surface area contributed by atoms with Gasteiger partial charge in [-0.1, -0.05) is 0 Å². The van der Waals surface area contributed by atoms with Gasteiger partial charge in [0.1, 0.15) is 18.2 Å². The van der Waals surface area contributed by atoms with Crippen molar-refractivity contribution in [3.05, 3.63) is 65.1 Å². The maximum atomic E-state index is 13.8. The van der Waals surface area contributed by atoms with Crippen LogP contribution >= 0.6 is 0 Å². The van der Waals surface area contributed by atoms with E-state index in [-0.39, 0.29) is 26.1 Å². The zero-order chi connectivity index (χ0) is 28.9. The first-order chi connectivity index (χ1) is 19.2. The fourth-order valence-electron chi connectivity index (χ4n) is 5.27. The van der Waals surface area contributed by atoms with Crippen LogP contribution in [0, 0.1) is 22.9 Å². The molecule has 1 fully saturated rings. The molecule has 0 aliphatic carbocycles. The van der Waals surface area contributed by atoms with E-state index in [2.05, 4.69) is 4.98 Å². The van der Waals surface area contributed by atoms with Crippen LogP contribution in [0.2, 0.25) is 0 Å². The molecule has 1 aromatic heterocycles. The number of piperidine rings is 1. The van der Waals surface area contributed by atoms with E-state index in [0.29, 0.717) is 66.3 Å². The number of likely N-dealkylation sites (tertiary alicyclic amines) is 1. The zero-order valence-corrected chi connectivity index (χ0v) is 22.0. The van der Waals surface area contributed by atoms with Crippen molar-refractivity contribution in [3.8, 4) is 11.5 Å². The number of nitrogens with one attached hydrogen (secondary N) is 1. The maximum Gasteiger partial charge on any atom is 0.249 e. The van der Waals surface area contributed by atoms with Crippen molar-refractivity contribution in [1.29, 1.82) is 0 Å². The Hall–Kier alpha value is -3.45. The molecule has 0 saturated carbocycles. The molecular weight excluding hydrogens is 531 g/mol. The van der Waals surface area contributed by atoms with Gasteiger partial charge in [-0.3, -0.25) is 19.9 Å². The predicted octanol–water partition coefficient (Wildman–Crippen LogP) is 3.63. The number of carbonyl (C=O) groups is 1. The van der Waals surface area contributed by atoms with Crippen molar-refractivity contribution in [2.24, 2.45) is 5.41 Å². The normalized spacial score (nSPS) is 16.1. The van der Waals surface area contributed by atoms with Crippen LogP contribution in [-0.2, 0) is 11.4 Å². The highest BCUT2D eigenvalue weighted by Crippen LogP contribution is 2.40. The lowest BCUT2D eigenvalue weighted by molar-refractivity contribution is -0.144. The number of carbonyl (C=O) groups excluding carboxylic acids is 1. The number of halogens is 3. The molecule has 9 nitrogen and oxygen atoms in total. The highest BCUT2D eigenvalue weighted by atomic mass is 19.2. The fraction of sp³-hybridized carbons (Fsp3) is 0.429. The highest BCUT2D eigenvalue weighted by Gasteiger charge is 2.41. The Labute approximate surface area is 229 Å². The van der Waals surface area contributed by atoms with E-state index in [9.17, 15) is 33.4 Å². The number of methoxy groups -OCH3 is 1. The fourth-order valence-corrected chi connectivity index (χ4v) is 5.27. The Morgan fingerprint density at radius 1 is 1.20 bits per heavy atom. The van der Waals surface area contributed by atoms with Crippen molar-refractivity contribution in [3.63, 3.8) is 0 Å². The standard InChI is InChI=1S/C28H32F3N3O6/c1-39-19-2-3-22-20(14-19)25(17(16-35)15-32-22)23(36)4-5-28(27(37)33-38)6-8-34(9-7-28)10-11-40-24-13-18(29)12-21(30)26(24)31/h2-3,12-15,23,35-36,38H,4-11,16H2,1H3,(H,33,37). The van der Waals surface area contributed by atoms with E-state index in [4.69, 9.17) is 9.47 Å². The first-order valence-electron chi connectivity index (χ1n) is 12.9. The van der Waals surface area contributed by atoms with E-state index in [1.165, 1.54) is 13.3 Å². The number of amides is 1. The van der Waals surface area contributed by atoms with Gasteiger partial charge >= 0.3 is 0 Å². The van der Waals surface area contributed by atoms with Crippen LogP contribution in [0.5, 0.6) is 11.5 Å². The molecule has 1 amide bonds. The van der Waals surface area contributed by atoms with Crippen LogP contribution in [-0.4, -0.2) is 64.6 Å². The number of aliphatic hydroxyl groups excluding tert-OH is 2. The summed E-state index contributed by atoms with van der Waals surface area (Å²) in [6.07, 6.45) is 1.60. The molecule has 0 bridgehead atoms. The number of nitrogens with zero attached hydrogens (tertiary/aromatic N) is 2. The molecule has 2 heterocycles. The lowest BCUT2D eigenvalue weighted by atomic mass is 9.73. The van der Waals surface area contributed by atoms with Crippen molar-refractivity contribution >= 4 is 16.8 Å². The third-order valence-corrected chi connectivity index (χ3v) is 7.62. The number of rotatable bonds is 11. The Balaban J connectivity index is 1.42.